The summed E-state index contributed by atoms with van der Waals surface area (Å²) in [5, 5.41) is 6.87. The summed E-state index contributed by atoms with van der Waals surface area (Å²) in [7, 11) is 0. The Bertz CT molecular complexity index is 608. The van der Waals surface area contributed by atoms with E-state index in [1.165, 1.54) is 16.9 Å². The molecule has 1 aromatic heterocycles. The Labute approximate surface area is 115 Å². The van der Waals surface area contributed by atoms with Crippen molar-refractivity contribution in [3.63, 3.8) is 0 Å². The van der Waals surface area contributed by atoms with E-state index in [-0.39, 0.29) is 11.8 Å². The first-order chi connectivity index (χ1) is 9.22. The Morgan fingerprint density at radius 2 is 2.37 bits per heavy atom. The minimum Gasteiger partial charge on any atom is -0.384 e. The maximum Gasteiger partial charge on any atom is 0.226 e. The molecule has 0 fully saturated rings. The first-order valence-corrected chi connectivity index (χ1v) is 7.09. The molecule has 19 heavy (non-hydrogen) atoms. The Kier molecular flexibility index (Phi) is 3.21. The van der Waals surface area contributed by atoms with Crippen LogP contribution in [0.15, 0.2) is 30.5 Å². The van der Waals surface area contributed by atoms with Crippen molar-refractivity contribution in [1.29, 1.82) is 0 Å². The van der Waals surface area contributed by atoms with Crippen LogP contribution in [0.5, 0.6) is 0 Å². The molecule has 0 radical (unpaired) electrons. The molecule has 1 aromatic carbocycles. The van der Waals surface area contributed by atoms with E-state index in [1.807, 2.05) is 19.1 Å². The molecule has 1 amide bonds. The molecule has 2 N–H and O–H groups in total. The third-order valence-electron chi connectivity index (χ3n) is 3.24. The molecule has 2 heterocycles. The fourth-order valence-electron chi connectivity index (χ4n) is 2.35. The number of anilines is 2. The number of fused-ring (bicyclic) bond motifs is 1. The zero-order valence-corrected chi connectivity index (χ0v) is 11.5. The molecule has 0 saturated heterocycles. The smallest absolute Gasteiger partial charge is 0.226 e. The van der Waals surface area contributed by atoms with Crippen molar-refractivity contribution in [2.75, 3.05) is 17.2 Å². The molecule has 3 rings (SSSR count). The first-order valence-electron chi connectivity index (χ1n) is 6.27. The largest absolute Gasteiger partial charge is 0.384 e. The summed E-state index contributed by atoms with van der Waals surface area (Å²) < 4.78 is 0. The van der Waals surface area contributed by atoms with Gasteiger partial charge in [-0.15, -0.1) is 11.3 Å². The Morgan fingerprint density at radius 1 is 1.53 bits per heavy atom. The third kappa shape index (κ3) is 2.61. The maximum absolute atomic E-state index is 12.0. The van der Waals surface area contributed by atoms with E-state index in [1.54, 1.807) is 6.20 Å². The molecule has 0 bridgehead atoms. The van der Waals surface area contributed by atoms with Crippen molar-refractivity contribution < 1.29 is 4.79 Å². The van der Waals surface area contributed by atoms with Crippen LogP contribution >= 0.6 is 11.3 Å². The normalized spacial score (nSPS) is 16.8. The highest BCUT2D eigenvalue weighted by atomic mass is 32.1. The monoisotopic (exact) mass is 273 g/mol. The Balaban J connectivity index is 1.65. The third-order valence-corrected chi connectivity index (χ3v) is 4.07. The van der Waals surface area contributed by atoms with E-state index in [0.717, 1.165) is 17.1 Å². The minimum atomic E-state index is 0.0258. The van der Waals surface area contributed by atoms with Crippen LogP contribution in [0.4, 0.5) is 10.8 Å². The molecule has 4 nitrogen and oxygen atoms in total. The predicted octanol–water partition coefficient (Wildman–Crippen LogP) is 2.99. The highest BCUT2D eigenvalue weighted by Gasteiger charge is 2.24. The van der Waals surface area contributed by atoms with E-state index in [4.69, 9.17) is 0 Å². The highest BCUT2D eigenvalue weighted by molar-refractivity contribution is 7.15. The number of aromatic nitrogens is 1. The number of amides is 1. The van der Waals surface area contributed by atoms with E-state index in [0.29, 0.717) is 11.6 Å². The summed E-state index contributed by atoms with van der Waals surface area (Å²) in [5.41, 5.74) is 2.37. The first kappa shape index (κ1) is 12.2. The number of thiazole rings is 1. The van der Waals surface area contributed by atoms with Crippen LogP contribution in [0.2, 0.25) is 0 Å². The van der Waals surface area contributed by atoms with Crippen LogP contribution in [0.25, 0.3) is 0 Å². The maximum atomic E-state index is 12.0. The molecule has 98 valence electrons. The molecule has 5 heteroatoms. The standard InChI is InChI=1S/C14H15N3OS/c1-9-7-16-14(19-9)17-13(18)6-10-8-15-12-5-3-2-4-11(10)12/h2-5,7,10,15H,6,8H2,1H3,(H,16,17,18). The van der Waals surface area contributed by atoms with Gasteiger partial charge in [-0.25, -0.2) is 4.98 Å². The van der Waals surface area contributed by atoms with Gasteiger partial charge in [0.25, 0.3) is 0 Å². The van der Waals surface area contributed by atoms with Crippen LogP contribution in [-0.2, 0) is 4.79 Å². The second-order valence-electron chi connectivity index (χ2n) is 4.69. The van der Waals surface area contributed by atoms with Crippen molar-refractivity contribution in [2.45, 2.75) is 19.3 Å². The van der Waals surface area contributed by atoms with E-state index in [9.17, 15) is 4.79 Å². The number of carbonyl (C=O) groups is 1. The van der Waals surface area contributed by atoms with Crippen LogP contribution in [-0.4, -0.2) is 17.4 Å². The number of rotatable bonds is 3. The molecule has 0 spiro atoms. The molecule has 1 aliphatic rings. The summed E-state index contributed by atoms with van der Waals surface area (Å²) in [6, 6.07) is 8.16. The van der Waals surface area contributed by atoms with E-state index < -0.39 is 0 Å². The van der Waals surface area contributed by atoms with Crippen molar-refractivity contribution in [1.82, 2.24) is 4.98 Å². The van der Waals surface area contributed by atoms with E-state index >= 15 is 0 Å². The Morgan fingerprint density at radius 3 is 3.16 bits per heavy atom. The molecule has 0 aliphatic carbocycles. The van der Waals surface area contributed by atoms with Gasteiger partial charge in [0.15, 0.2) is 5.13 Å². The summed E-state index contributed by atoms with van der Waals surface area (Å²) in [6.45, 7) is 2.80. The molecule has 1 unspecified atom stereocenters. The molecular formula is C14H15N3OS. The number of carbonyl (C=O) groups excluding carboxylic acids is 1. The lowest BCUT2D eigenvalue weighted by Gasteiger charge is -2.09. The van der Waals surface area contributed by atoms with Gasteiger partial charge in [0.2, 0.25) is 5.91 Å². The molecule has 2 aromatic rings. The van der Waals surface area contributed by atoms with Gasteiger partial charge in [0.05, 0.1) is 0 Å². The molecular weight excluding hydrogens is 258 g/mol. The van der Waals surface area contributed by atoms with Crippen molar-refractivity contribution in [3.8, 4) is 0 Å². The summed E-state index contributed by atoms with van der Waals surface area (Å²) in [4.78, 5) is 17.3. The van der Waals surface area contributed by atoms with Crippen molar-refractivity contribution in [2.24, 2.45) is 0 Å². The zero-order chi connectivity index (χ0) is 13.2. The summed E-state index contributed by atoms with van der Waals surface area (Å²) in [5.74, 6) is 0.273. The van der Waals surface area contributed by atoms with Crippen LogP contribution in [0, 0.1) is 6.92 Å². The second-order valence-corrected chi connectivity index (χ2v) is 5.93. The number of benzene rings is 1. The SMILES string of the molecule is Cc1cnc(NC(=O)CC2CNc3ccccc32)s1. The number of aryl methyl sites for hydroxylation is 1. The van der Waals surface area contributed by atoms with E-state index in [2.05, 4.69) is 27.8 Å². The number of para-hydroxylation sites is 1. The lowest BCUT2D eigenvalue weighted by Crippen LogP contribution is -2.16. The second kappa shape index (κ2) is 5.01. The zero-order valence-electron chi connectivity index (χ0n) is 10.6. The fourth-order valence-corrected chi connectivity index (χ4v) is 3.03. The number of nitrogens with one attached hydrogen (secondary N) is 2. The predicted molar refractivity (Wildman–Crippen MR) is 77.8 cm³/mol. The van der Waals surface area contributed by atoms with Gasteiger partial charge in [-0.05, 0) is 18.6 Å². The number of hydrogen-bond donors (Lipinski definition) is 2. The molecule has 1 aliphatic heterocycles. The van der Waals surface area contributed by atoms with Gasteiger partial charge in [-0.2, -0.15) is 0 Å². The Hall–Kier alpha value is -1.88. The highest BCUT2D eigenvalue weighted by Crippen LogP contribution is 2.33. The van der Waals surface area contributed by atoms with Crippen molar-refractivity contribution >= 4 is 28.1 Å². The topological polar surface area (TPSA) is 54.0 Å². The lowest BCUT2D eigenvalue weighted by atomic mass is 9.98. The van der Waals surface area contributed by atoms with Gasteiger partial charge in [-0.1, -0.05) is 18.2 Å². The van der Waals surface area contributed by atoms with Gasteiger partial charge >= 0.3 is 0 Å². The molecule has 1 atom stereocenters. The van der Waals surface area contributed by atoms with Gasteiger partial charge in [0.1, 0.15) is 0 Å². The molecule has 0 saturated carbocycles. The van der Waals surface area contributed by atoms with Crippen molar-refractivity contribution in [3.05, 3.63) is 40.9 Å². The van der Waals surface area contributed by atoms with Crippen LogP contribution in [0.1, 0.15) is 22.8 Å². The van der Waals surface area contributed by atoms with Gasteiger partial charge in [0, 0.05) is 35.6 Å². The lowest BCUT2D eigenvalue weighted by molar-refractivity contribution is -0.116. The average molecular weight is 273 g/mol. The average Bonchev–Trinajstić information content (AvgIpc) is 2.97. The minimum absolute atomic E-state index is 0.0258. The number of hydrogen-bond acceptors (Lipinski definition) is 4. The quantitative estimate of drug-likeness (QED) is 0.904. The summed E-state index contributed by atoms with van der Waals surface area (Å²) in [6.07, 6.45) is 2.26. The van der Waals surface area contributed by atoms with Gasteiger partial charge < -0.3 is 10.6 Å². The number of nitrogens with zero attached hydrogens (tertiary/aromatic N) is 1. The fraction of sp³-hybridized carbons (Fsp3) is 0.286. The van der Waals surface area contributed by atoms with Crippen LogP contribution < -0.4 is 10.6 Å². The van der Waals surface area contributed by atoms with Gasteiger partial charge in [-0.3, -0.25) is 4.79 Å². The summed E-state index contributed by atoms with van der Waals surface area (Å²) >= 11 is 1.50. The van der Waals surface area contributed by atoms with Crippen LogP contribution in [0.3, 0.4) is 0 Å².